The van der Waals surface area contributed by atoms with E-state index in [4.69, 9.17) is 0 Å². The molecule has 0 aliphatic carbocycles. The molecular weight excluding hydrogens is 398 g/mol. The van der Waals surface area contributed by atoms with Gasteiger partial charge < -0.3 is 15.2 Å². The zero-order chi connectivity index (χ0) is 21.7. The maximum Gasteiger partial charge on any atom is 0.251 e. The van der Waals surface area contributed by atoms with Crippen LogP contribution in [0.1, 0.15) is 32.9 Å². The molecule has 0 unspecified atom stereocenters. The molecule has 1 aromatic heterocycles. The Balaban J connectivity index is 1.54. The lowest BCUT2D eigenvalue weighted by atomic mass is 10.1. The van der Waals surface area contributed by atoms with Crippen LogP contribution in [0, 0.1) is 20.8 Å². The van der Waals surface area contributed by atoms with Crippen LogP contribution in [0.3, 0.4) is 0 Å². The highest BCUT2D eigenvalue weighted by atomic mass is 32.2. The number of anilines is 1. The summed E-state index contributed by atoms with van der Waals surface area (Å²) in [5.74, 6) is 0.567. The first-order chi connectivity index (χ1) is 14.3. The molecule has 3 aromatic rings. The number of rotatable bonds is 7. The van der Waals surface area contributed by atoms with Crippen LogP contribution in [-0.4, -0.2) is 32.3 Å². The van der Waals surface area contributed by atoms with Crippen LogP contribution in [-0.2, 0) is 18.4 Å². The van der Waals surface area contributed by atoms with E-state index in [1.54, 1.807) is 10.6 Å². The molecule has 0 aliphatic rings. The molecule has 8 heteroatoms. The van der Waals surface area contributed by atoms with E-state index < -0.39 is 0 Å². The summed E-state index contributed by atoms with van der Waals surface area (Å²) in [4.78, 5) is 24.6. The smallest absolute Gasteiger partial charge is 0.251 e. The van der Waals surface area contributed by atoms with Crippen LogP contribution in [0.4, 0.5) is 5.69 Å². The van der Waals surface area contributed by atoms with Gasteiger partial charge in [-0.3, -0.25) is 9.59 Å². The fourth-order valence-corrected chi connectivity index (χ4v) is 3.61. The van der Waals surface area contributed by atoms with Crippen molar-refractivity contribution in [1.29, 1.82) is 0 Å². The number of amides is 2. The van der Waals surface area contributed by atoms with Gasteiger partial charge in [0.25, 0.3) is 5.91 Å². The molecule has 0 bridgehead atoms. The summed E-state index contributed by atoms with van der Waals surface area (Å²) >= 11 is 1.30. The summed E-state index contributed by atoms with van der Waals surface area (Å²) in [6.45, 7) is 6.20. The molecule has 0 fully saturated rings. The van der Waals surface area contributed by atoms with E-state index in [9.17, 15) is 9.59 Å². The average molecular weight is 424 g/mol. The monoisotopic (exact) mass is 423 g/mol. The quantitative estimate of drug-likeness (QED) is 0.569. The molecule has 1 heterocycles. The fourth-order valence-electron chi connectivity index (χ4n) is 2.88. The van der Waals surface area contributed by atoms with Gasteiger partial charge in [0, 0.05) is 18.3 Å². The SMILES string of the molecule is Cc1cccc(C(=O)NCc2nnc(SCC(=O)Nc3cccc(C)c3C)n2C)c1. The lowest BCUT2D eigenvalue weighted by molar-refractivity contribution is -0.113. The molecule has 2 N–H and O–H groups in total. The van der Waals surface area contributed by atoms with Crippen molar-refractivity contribution in [2.75, 3.05) is 11.1 Å². The Morgan fingerprint density at radius 1 is 1.07 bits per heavy atom. The molecule has 156 valence electrons. The number of nitrogens with one attached hydrogen (secondary N) is 2. The molecule has 3 rings (SSSR count). The van der Waals surface area contributed by atoms with Crippen molar-refractivity contribution in [3.63, 3.8) is 0 Å². The van der Waals surface area contributed by atoms with E-state index in [0.29, 0.717) is 16.5 Å². The maximum absolute atomic E-state index is 12.3. The van der Waals surface area contributed by atoms with Gasteiger partial charge in [0.1, 0.15) is 0 Å². The largest absolute Gasteiger partial charge is 0.345 e. The number of hydrogen-bond acceptors (Lipinski definition) is 5. The molecule has 7 nitrogen and oxygen atoms in total. The number of carbonyl (C=O) groups excluding carboxylic acids is 2. The van der Waals surface area contributed by atoms with Gasteiger partial charge in [0.15, 0.2) is 11.0 Å². The van der Waals surface area contributed by atoms with Gasteiger partial charge in [0.05, 0.1) is 12.3 Å². The fraction of sp³-hybridized carbons (Fsp3) is 0.273. The molecule has 0 saturated heterocycles. The second-order valence-corrected chi connectivity index (χ2v) is 8.04. The molecule has 0 atom stereocenters. The highest BCUT2D eigenvalue weighted by Gasteiger charge is 2.14. The van der Waals surface area contributed by atoms with Crippen LogP contribution in [0.2, 0.25) is 0 Å². The van der Waals surface area contributed by atoms with Gasteiger partial charge in [-0.05, 0) is 50.1 Å². The Hall–Kier alpha value is -3.13. The minimum atomic E-state index is -0.163. The number of benzene rings is 2. The van der Waals surface area contributed by atoms with E-state index in [1.165, 1.54) is 11.8 Å². The molecule has 0 spiro atoms. The number of carbonyl (C=O) groups is 2. The second kappa shape index (κ2) is 9.58. The number of thioether (sulfide) groups is 1. The molecular formula is C22H25N5O2S. The highest BCUT2D eigenvalue weighted by molar-refractivity contribution is 7.99. The maximum atomic E-state index is 12.3. The number of hydrogen-bond donors (Lipinski definition) is 2. The predicted molar refractivity (Wildman–Crippen MR) is 119 cm³/mol. The summed E-state index contributed by atoms with van der Waals surface area (Å²) in [6.07, 6.45) is 0. The van der Waals surface area contributed by atoms with E-state index in [-0.39, 0.29) is 24.1 Å². The van der Waals surface area contributed by atoms with Crippen LogP contribution in [0.5, 0.6) is 0 Å². The Morgan fingerprint density at radius 2 is 1.83 bits per heavy atom. The normalized spacial score (nSPS) is 10.7. The Morgan fingerprint density at radius 3 is 2.60 bits per heavy atom. The highest BCUT2D eigenvalue weighted by Crippen LogP contribution is 2.20. The van der Waals surface area contributed by atoms with E-state index >= 15 is 0 Å². The zero-order valence-corrected chi connectivity index (χ0v) is 18.3. The number of aromatic nitrogens is 3. The molecule has 30 heavy (non-hydrogen) atoms. The standard InChI is InChI=1S/C22H25N5O2S/c1-14-7-5-9-17(11-14)21(29)23-12-19-25-26-22(27(19)4)30-13-20(28)24-18-10-6-8-15(2)16(18)3/h5-11H,12-13H2,1-4H3,(H,23,29)(H,24,28). The molecule has 2 amide bonds. The molecule has 0 saturated carbocycles. The van der Waals surface area contributed by atoms with Gasteiger partial charge in [-0.2, -0.15) is 0 Å². The topological polar surface area (TPSA) is 88.9 Å². The van der Waals surface area contributed by atoms with E-state index in [2.05, 4.69) is 20.8 Å². The number of aryl methyl sites for hydroxylation is 2. The summed E-state index contributed by atoms with van der Waals surface area (Å²) < 4.78 is 1.78. The van der Waals surface area contributed by atoms with Crippen molar-refractivity contribution in [3.05, 3.63) is 70.5 Å². The third kappa shape index (κ3) is 5.27. The Labute approximate surface area is 180 Å². The first kappa shape index (κ1) is 21.6. The van der Waals surface area contributed by atoms with Gasteiger partial charge >= 0.3 is 0 Å². The lowest BCUT2D eigenvalue weighted by Crippen LogP contribution is -2.24. The van der Waals surface area contributed by atoms with Crippen molar-refractivity contribution in [2.24, 2.45) is 7.05 Å². The number of nitrogens with zero attached hydrogens (tertiary/aromatic N) is 3. The Kier molecular flexibility index (Phi) is 6.89. The zero-order valence-electron chi connectivity index (χ0n) is 17.5. The summed E-state index contributed by atoms with van der Waals surface area (Å²) in [7, 11) is 1.82. The second-order valence-electron chi connectivity index (χ2n) is 7.09. The van der Waals surface area contributed by atoms with Gasteiger partial charge in [-0.1, -0.05) is 41.6 Å². The first-order valence-electron chi connectivity index (χ1n) is 9.57. The van der Waals surface area contributed by atoms with Crippen molar-refractivity contribution in [3.8, 4) is 0 Å². The van der Waals surface area contributed by atoms with Crippen molar-refractivity contribution in [2.45, 2.75) is 32.5 Å². The lowest BCUT2D eigenvalue weighted by Gasteiger charge is -2.10. The van der Waals surface area contributed by atoms with Gasteiger partial charge in [0.2, 0.25) is 5.91 Å². The molecule has 0 aliphatic heterocycles. The van der Waals surface area contributed by atoms with Crippen LogP contribution < -0.4 is 10.6 Å². The van der Waals surface area contributed by atoms with Crippen LogP contribution in [0.25, 0.3) is 0 Å². The Bertz CT molecular complexity index is 1080. The molecule has 0 radical (unpaired) electrons. The van der Waals surface area contributed by atoms with Crippen LogP contribution in [0.15, 0.2) is 47.6 Å². The minimum Gasteiger partial charge on any atom is -0.345 e. The average Bonchev–Trinajstić information content (AvgIpc) is 3.07. The third-order valence-electron chi connectivity index (χ3n) is 4.82. The summed E-state index contributed by atoms with van der Waals surface area (Å²) in [5.41, 5.74) is 4.64. The van der Waals surface area contributed by atoms with Crippen molar-refractivity contribution >= 4 is 29.3 Å². The van der Waals surface area contributed by atoms with Crippen LogP contribution >= 0.6 is 11.8 Å². The predicted octanol–water partition coefficient (Wildman–Crippen LogP) is 3.40. The van der Waals surface area contributed by atoms with Crippen molar-refractivity contribution in [1.82, 2.24) is 20.1 Å². The van der Waals surface area contributed by atoms with Gasteiger partial charge in [-0.25, -0.2) is 0 Å². The van der Waals surface area contributed by atoms with E-state index in [0.717, 1.165) is 22.4 Å². The first-order valence-corrected chi connectivity index (χ1v) is 10.6. The van der Waals surface area contributed by atoms with E-state index in [1.807, 2.05) is 64.2 Å². The molecule has 2 aromatic carbocycles. The van der Waals surface area contributed by atoms with Crippen molar-refractivity contribution < 1.29 is 9.59 Å². The third-order valence-corrected chi connectivity index (χ3v) is 5.84. The summed E-state index contributed by atoms with van der Waals surface area (Å²) in [6, 6.07) is 13.2. The summed E-state index contributed by atoms with van der Waals surface area (Å²) in [5, 5.41) is 14.7. The van der Waals surface area contributed by atoms with Gasteiger partial charge in [-0.15, -0.1) is 10.2 Å². The minimum absolute atomic E-state index is 0.106.